The van der Waals surface area contributed by atoms with Crippen LogP contribution >= 0.6 is 0 Å². The highest BCUT2D eigenvalue weighted by atomic mass is 16.5. The topological polar surface area (TPSA) is 79.4 Å². The number of hydrogen-bond donors (Lipinski definition) is 2. The molecule has 4 aromatic carbocycles. The molecule has 5 heteroatoms. The maximum Gasteiger partial charge on any atom is 0.260 e. The van der Waals surface area contributed by atoms with Gasteiger partial charge >= 0.3 is 0 Å². The van der Waals surface area contributed by atoms with Crippen molar-refractivity contribution < 1.29 is 9.53 Å². The predicted molar refractivity (Wildman–Crippen MR) is 126 cm³/mol. The number of nitrogens with two attached hydrogens (primary N) is 1. The van der Waals surface area contributed by atoms with Crippen molar-refractivity contribution in [1.82, 2.24) is 4.90 Å². The molecule has 4 rings (SSSR count). The lowest BCUT2D eigenvalue weighted by Gasteiger charge is -2.23. The van der Waals surface area contributed by atoms with E-state index in [1.807, 2.05) is 60.7 Å². The van der Waals surface area contributed by atoms with Gasteiger partial charge in [0, 0.05) is 36.8 Å². The number of rotatable bonds is 8. The number of nitrogens with one attached hydrogen (secondary N) is 1. The van der Waals surface area contributed by atoms with E-state index in [2.05, 4.69) is 18.2 Å². The van der Waals surface area contributed by atoms with E-state index in [0.717, 1.165) is 32.7 Å². The van der Waals surface area contributed by atoms with Crippen LogP contribution in [0.4, 0.5) is 0 Å². The van der Waals surface area contributed by atoms with Gasteiger partial charge < -0.3 is 20.8 Å². The average Bonchev–Trinajstić information content (AvgIpc) is 2.82. The van der Waals surface area contributed by atoms with Crippen molar-refractivity contribution in [2.75, 3.05) is 19.7 Å². The molecule has 0 saturated heterocycles. The van der Waals surface area contributed by atoms with Gasteiger partial charge in [-0.15, -0.1) is 0 Å². The zero-order valence-electron chi connectivity index (χ0n) is 17.3. The fourth-order valence-corrected chi connectivity index (χ4v) is 3.86. The van der Waals surface area contributed by atoms with Crippen LogP contribution in [0.1, 0.15) is 11.1 Å². The fraction of sp³-hybridized carbons (Fsp3) is 0.154. The lowest BCUT2D eigenvalue weighted by Crippen LogP contribution is -2.38. The third-order valence-electron chi connectivity index (χ3n) is 5.42. The van der Waals surface area contributed by atoms with Crippen LogP contribution in [0, 0.1) is 5.41 Å². The van der Waals surface area contributed by atoms with Crippen LogP contribution in [0.25, 0.3) is 21.5 Å². The second-order valence-electron chi connectivity index (χ2n) is 7.37. The molecule has 31 heavy (non-hydrogen) atoms. The van der Waals surface area contributed by atoms with E-state index < -0.39 is 0 Å². The van der Waals surface area contributed by atoms with Crippen molar-refractivity contribution in [2.24, 2.45) is 5.73 Å². The minimum atomic E-state index is -0.112. The molecule has 1 amide bonds. The van der Waals surface area contributed by atoms with Crippen LogP contribution in [-0.4, -0.2) is 36.7 Å². The molecule has 0 bridgehead atoms. The van der Waals surface area contributed by atoms with Gasteiger partial charge in [0.1, 0.15) is 5.75 Å². The third kappa shape index (κ3) is 4.42. The number of nitrogens with zero attached hydrogens (tertiary/aromatic N) is 1. The Balaban J connectivity index is 1.53. The van der Waals surface area contributed by atoms with Gasteiger partial charge in [0.2, 0.25) is 0 Å². The molecule has 156 valence electrons. The van der Waals surface area contributed by atoms with Gasteiger partial charge in [-0.1, -0.05) is 66.7 Å². The number of amides is 1. The van der Waals surface area contributed by atoms with Gasteiger partial charge in [-0.3, -0.25) is 4.79 Å². The molecule has 0 atom stereocenters. The van der Waals surface area contributed by atoms with Gasteiger partial charge in [0.05, 0.1) is 0 Å². The van der Waals surface area contributed by atoms with Crippen LogP contribution < -0.4 is 10.5 Å². The third-order valence-corrected chi connectivity index (χ3v) is 5.42. The molecule has 0 spiro atoms. The highest BCUT2D eigenvalue weighted by Crippen LogP contribution is 2.28. The zero-order chi connectivity index (χ0) is 21.6. The van der Waals surface area contributed by atoms with E-state index in [4.69, 9.17) is 15.9 Å². The standard InChI is InChI=1S/C26H25N3O2/c27-14-15-29(17-21-8-5-7-19-6-1-2-9-22(19)21)26(30)18-31-25-13-12-20(16-28)23-10-3-4-11-24(23)25/h1-13,16,28H,14-15,17-18,27H2. The summed E-state index contributed by atoms with van der Waals surface area (Å²) in [7, 11) is 0. The predicted octanol–water partition coefficient (Wildman–Crippen LogP) is 4.36. The Morgan fingerprint density at radius 3 is 2.39 bits per heavy atom. The second-order valence-corrected chi connectivity index (χ2v) is 7.37. The Morgan fingerprint density at radius 1 is 0.903 bits per heavy atom. The molecule has 0 aliphatic heterocycles. The summed E-state index contributed by atoms with van der Waals surface area (Å²) in [6.07, 6.45) is 1.32. The van der Waals surface area contributed by atoms with E-state index in [1.165, 1.54) is 6.21 Å². The van der Waals surface area contributed by atoms with Crippen LogP contribution in [-0.2, 0) is 11.3 Å². The first-order valence-corrected chi connectivity index (χ1v) is 10.3. The van der Waals surface area contributed by atoms with Crippen LogP contribution in [0.2, 0.25) is 0 Å². The van der Waals surface area contributed by atoms with E-state index >= 15 is 0 Å². The number of benzene rings is 4. The van der Waals surface area contributed by atoms with Crippen LogP contribution in [0.3, 0.4) is 0 Å². The maximum atomic E-state index is 13.0. The van der Waals surface area contributed by atoms with Crippen molar-refractivity contribution >= 4 is 33.7 Å². The molecular formula is C26H25N3O2. The van der Waals surface area contributed by atoms with Crippen molar-refractivity contribution in [3.05, 3.63) is 90.0 Å². The van der Waals surface area contributed by atoms with E-state index in [1.54, 1.807) is 4.90 Å². The number of carbonyl (C=O) groups excluding carboxylic acids is 1. The monoisotopic (exact) mass is 411 g/mol. The Kier molecular flexibility index (Phi) is 6.24. The molecule has 5 nitrogen and oxygen atoms in total. The molecular weight excluding hydrogens is 386 g/mol. The Labute approximate surface area is 181 Å². The molecule has 0 aliphatic carbocycles. The molecule has 0 aromatic heterocycles. The molecule has 0 aliphatic rings. The van der Waals surface area contributed by atoms with E-state index in [9.17, 15) is 4.79 Å². The molecule has 3 N–H and O–H groups in total. The minimum absolute atomic E-state index is 0.0707. The SMILES string of the molecule is N=Cc1ccc(OCC(=O)N(CCN)Cc2cccc3ccccc23)c2ccccc12. The normalized spacial score (nSPS) is 10.9. The van der Waals surface area contributed by atoms with Crippen molar-refractivity contribution in [3.63, 3.8) is 0 Å². The number of hydrogen-bond acceptors (Lipinski definition) is 4. The largest absolute Gasteiger partial charge is 0.483 e. The first kappa shape index (κ1) is 20.6. The average molecular weight is 412 g/mol. The second kappa shape index (κ2) is 9.41. The Morgan fingerprint density at radius 2 is 1.61 bits per heavy atom. The summed E-state index contributed by atoms with van der Waals surface area (Å²) in [5.41, 5.74) is 7.69. The van der Waals surface area contributed by atoms with E-state index in [-0.39, 0.29) is 12.5 Å². The quantitative estimate of drug-likeness (QED) is 0.423. The summed E-state index contributed by atoms with van der Waals surface area (Å²) in [5, 5.41) is 11.7. The van der Waals surface area contributed by atoms with E-state index in [0.29, 0.717) is 25.4 Å². The Hall–Kier alpha value is -3.70. The molecule has 0 fully saturated rings. The number of ether oxygens (including phenoxy) is 1. The summed E-state index contributed by atoms with van der Waals surface area (Å²) < 4.78 is 5.93. The number of fused-ring (bicyclic) bond motifs is 2. The summed E-state index contributed by atoms with van der Waals surface area (Å²) in [4.78, 5) is 14.8. The fourth-order valence-electron chi connectivity index (χ4n) is 3.86. The summed E-state index contributed by atoms with van der Waals surface area (Å²) in [6.45, 7) is 1.25. The summed E-state index contributed by atoms with van der Waals surface area (Å²) in [6, 6.07) is 25.7. The minimum Gasteiger partial charge on any atom is -0.483 e. The molecule has 0 radical (unpaired) electrons. The number of carbonyl (C=O) groups is 1. The summed E-state index contributed by atoms with van der Waals surface area (Å²) in [5.74, 6) is 0.519. The van der Waals surface area contributed by atoms with Gasteiger partial charge in [0.15, 0.2) is 6.61 Å². The molecule has 4 aromatic rings. The highest BCUT2D eigenvalue weighted by molar-refractivity contribution is 6.01. The smallest absolute Gasteiger partial charge is 0.260 e. The summed E-state index contributed by atoms with van der Waals surface area (Å²) >= 11 is 0. The lowest BCUT2D eigenvalue weighted by atomic mass is 10.0. The molecule has 0 saturated carbocycles. The van der Waals surface area contributed by atoms with Crippen LogP contribution in [0.5, 0.6) is 5.75 Å². The van der Waals surface area contributed by atoms with Gasteiger partial charge in [-0.2, -0.15) is 0 Å². The highest BCUT2D eigenvalue weighted by Gasteiger charge is 2.16. The lowest BCUT2D eigenvalue weighted by molar-refractivity contribution is -0.133. The van der Waals surface area contributed by atoms with Crippen molar-refractivity contribution in [1.29, 1.82) is 5.41 Å². The van der Waals surface area contributed by atoms with Crippen LogP contribution in [0.15, 0.2) is 78.9 Å². The Bertz CT molecular complexity index is 1230. The van der Waals surface area contributed by atoms with Crippen molar-refractivity contribution in [2.45, 2.75) is 6.54 Å². The first-order chi connectivity index (χ1) is 15.2. The zero-order valence-corrected chi connectivity index (χ0v) is 17.3. The van der Waals surface area contributed by atoms with Gasteiger partial charge in [-0.25, -0.2) is 0 Å². The van der Waals surface area contributed by atoms with Gasteiger partial charge in [0.25, 0.3) is 5.91 Å². The maximum absolute atomic E-state index is 13.0. The first-order valence-electron chi connectivity index (χ1n) is 10.3. The molecule has 0 unspecified atom stereocenters. The van der Waals surface area contributed by atoms with Gasteiger partial charge in [-0.05, 0) is 33.9 Å². The molecule has 0 heterocycles. The van der Waals surface area contributed by atoms with Crippen molar-refractivity contribution in [3.8, 4) is 5.75 Å².